The van der Waals surface area contributed by atoms with Gasteiger partial charge in [0.05, 0.1) is 11.6 Å². The fraction of sp³-hybridized carbons (Fsp3) is 0.600. The zero-order valence-electron chi connectivity index (χ0n) is 12.0. The van der Waals surface area contributed by atoms with Crippen LogP contribution in [0.4, 0.5) is 0 Å². The van der Waals surface area contributed by atoms with Crippen molar-refractivity contribution in [2.45, 2.75) is 32.4 Å². The number of methoxy groups -OCH3 is 1. The molecule has 1 fully saturated rings. The summed E-state index contributed by atoms with van der Waals surface area (Å²) in [6.45, 7) is 8.84. The monoisotopic (exact) mass is 326 g/mol. The lowest BCUT2D eigenvalue weighted by Crippen LogP contribution is -2.58. The summed E-state index contributed by atoms with van der Waals surface area (Å²) in [5, 5.41) is 3.62. The van der Waals surface area contributed by atoms with Gasteiger partial charge in [0.15, 0.2) is 0 Å². The molecule has 1 saturated heterocycles. The molecule has 1 heterocycles. The Labute approximate surface area is 124 Å². The van der Waals surface area contributed by atoms with Crippen LogP contribution in [0.1, 0.15) is 25.8 Å². The predicted octanol–water partition coefficient (Wildman–Crippen LogP) is 3.03. The lowest BCUT2D eigenvalue weighted by Gasteiger charge is -2.41. The topological polar surface area (TPSA) is 24.5 Å². The molecule has 19 heavy (non-hydrogen) atoms. The van der Waals surface area contributed by atoms with Gasteiger partial charge < -0.3 is 10.1 Å². The minimum atomic E-state index is 0.252. The van der Waals surface area contributed by atoms with Crippen molar-refractivity contribution in [1.82, 2.24) is 10.2 Å². The van der Waals surface area contributed by atoms with Crippen LogP contribution in [0.2, 0.25) is 0 Å². The van der Waals surface area contributed by atoms with Crippen LogP contribution in [-0.4, -0.2) is 37.2 Å². The first-order chi connectivity index (χ1) is 9.06. The van der Waals surface area contributed by atoms with Crippen molar-refractivity contribution < 1.29 is 4.74 Å². The number of hydrogen-bond acceptors (Lipinski definition) is 3. The van der Waals surface area contributed by atoms with Gasteiger partial charge in [0.25, 0.3) is 0 Å². The molecule has 1 aliphatic rings. The van der Waals surface area contributed by atoms with Gasteiger partial charge in [0.2, 0.25) is 0 Å². The summed E-state index contributed by atoms with van der Waals surface area (Å²) >= 11 is 3.55. The van der Waals surface area contributed by atoms with E-state index in [0.717, 1.165) is 42.8 Å². The third-order valence-corrected chi connectivity index (χ3v) is 4.57. The van der Waals surface area contributed by atoms with Crippen LogP contribution >= 0.6 is 15.9 Å². The van der Waals surface area contributed by atoms with Gasteiger partial charge in [0, 0.05) is 31.7 Å². The summed E-state index contributed by atoms with van der Waals surface area (Å²) < 4.78 is 6.30. The largest absolute Gasteiger partial charge is 0.496 e. The molecular formula is C15H23BrN2O. The number of nitrogens with zero attached hydrogens (tertiary/aromatic N) is 1. The molecule has 1 aromatic carbocycles. The summed E-state index contributed by atoms with van der Waals surface area (Å²) in [7, 11) is 1.70. The zero-order valence-corrected chi connectivity index (χ0v) is 13.6. The molecule has 1 N–H and O–H groups in total. The second-order valence-corrected chi connectivity index (χ2v) is 6.37. The maximum Gasteiger partial charge on any atom is 0.133 e. The van der Waals surface area contributed by atoms with E-state index in [4.69, 9.17) is 4.74 Å². The average molecular weight is 327 g/mol. The summed E-state index contributed by atoms with van der Waals surface area (Å²) in [6, 6.07) is 6.33. The molecule has 0 amide bonds. The van der Waals surface area contributed by atoms with E-state index in [0.29, 0.717) is 0 Å². The molecule has 0 spiro atoms. The smallest absolute Gasteiger partial charge is 0.133 e. The molecule has 0 saturated carbocycles. The highest BCUT2D eigenvalue weighted by molar-refractivity contribution is 9.10. The Bertz CT molecular complexity index is 438. The molecule has 1 unspecified atom stereocenters. The number of halogens is 1. The Morgan fingerprint density at radius 1 is 1.47 bits per heavy atom. The summed E-state index contributed by atoms with van der Waals surface area (Å²) in [5.41, 5.74) is 1.58. The summed E-state index contributed by atoms with van der Waals surface area (Å²) in [6.07, 6.45) is 1.16. The minimum absolute atomic E-state index is 0.252. The van der Waals surface area contributed by atoms with E-state index < -0.39 is 0 Å². The number of benzene rings is 1. The molecule has 2 rings (SSSR count). The maximum absolute atomic E-state index is 5.27. The lowest BCUT2D eigenvalue weighted by atomic mass is 9.95. The van der Waals surface area contributed by atoms with Crippen LogP contribution < -0.4 is 10.1 Å². The highest BCUT2D eigenvalue weighted by atomic mass is 79.9. The Morgan fingerprint density at radius 3 is 2.89 bits per heavy atom. The summed E-state index contributed by atoms with van der Waals surface area (Å²) in [5.74, 6) is 0.891. The molecule has 106 valence electrons. The fourth-order valence-corrected chi connectivity index (χ4v) is 3.17. The van der Waals surface area contributed by atoms with Crippen molar-refractivity contribution in [2.24, 2.45) is 0 Å². The van der Waals surface area contributed by atoms with Gasteiger partial charge >= 0.3 is 0 Å². The van der Waals surface area contributed by atoms with E-state index in [1.807, 2.05) is 6.07 Å². The molecule has 1 atom stereocenters. The van der Waals surface area contributed by atoms with Crippen molar-refractivity contribution in [3.63, 3.8) is 0 Å². The van der Waals surface area contributed by atoms with Crippen LogP contribution in [0.15, 0.2) is 22.7 Å². The quantitative estimate of drug-likeness (QED) is 0.920. The van der Waals surface area contributed by atoms with Gasteiger partial charge in [-0.3, -0.25) is 4.90 Å². The van der Waals surface area contributed by atoms with E-state index >= 15 is 0 Å². The van der Waals surface area contributed by atoms with Crippen LogP contribution in [0.5, 0.6) is 5.75 Å². The Kier molecular flexibility index (Phi) is 4.87. The maximum atomic E-state index is 5.27. The summed E-state index contributed by atoms with van der Waals surface area (Å²) in [4.78, 5) is 2.52. The first kappa shape index (κ1) is 14.8. The predicted molar refractivity (Wildman–Crippen MR) is 82.7 cm³/mol. The molecule has 3 nitrogen and oxygen atoms in total. The van der Waals surface area contributed by atoms with Crippen molar-refractivity contribution >= 4 is 15.9 Å². The van der Waals surface area contributed by atoms with Crippen molar-refractivity contribution in [2.75, 3.05) is 26.7 Å². The third-order valence-electron chi connectivity index (χ3n) is 3.96. The average Bonchev–Trinajstić information content (AvgIpc) is 2.39. The lowest BCUT2D eigenvalue weighted by molar-refractivity contribution is 0.133. The molecular weight excluding hydrogens is 304 g/mol. The van der Waals surface area contributed by atoms with E-state index in [9.17, 15) is 0 Å². The number of piperazine rings is 1. The number of rotatable bonds is 4. The van der Waals surface area contributed by atoms with Gasteiger partial charge in [-0.15, -0.1) is 0 Å². The van der Waals surface area contributed by atoms with Crippen LogP contribution in [0, 0.1) is 0 Å². The van der Waals surface area contributed by atoms with Gasteiger partial charge in [-0.05, 0) is 47.0 Å². The highest BCUT2D eigenvalue weighted by Crippen LogP contribution is 2.26. The fourth-order valence-electron chi connectivity index (χ4n) is 2.58. The number of nitrogens with one attached hydrogen (secondary N) is 1. The Morgan fingerprint density at radius 2 is 2.26 bits per heavy atom. The van der Waals surface area contributed by atoms with E-state index in [2.05, 4.69) is 52.1 Å². The Hall–Kier alpha value is -0.580. The molecule has 1 aliphatic heterocycles. The highest BCUT2D eigenvalue weighted by Gasteiger charge is 2.28. The number of hydrogen-bond donors (Lipinski definition) is 1. The molecule has 0 aliphatic carbocycles. The minimum Gasteiger partial charge on any atom is -0.496 e. The van der Waals surface area contributed by atoms with E-state index in [-0.39, 0.29) is 5.54 Å². The van der Waals surface area contributed by atoms with E-state index in [1.165, 1.54) is 5.56 Å². The first-order valence-electron chi connectivity index (χ1n) is 6.86. The molecule has 0 bridgehead atoms. The molecule has 0 aromatic heterocycles. The zero-order chi connectivity index (χ0) is 13.9. The normalized spacial score (nSPS) is 24.4. The van der Waals surface area contributed by atoms with Crippen molar-refractivity contribution in [3.05, 3.63) is 28.2 Å². The molecule has 4 heteroatoms. The SMILES string of the molecule is CCC1(C)CN(Cc2ccc(OC)c(Br)c2)CCN1. The van der Waals surface area contributed by atoms with Crippen LogP contribution in [0.3, 0.4) is 0 Å². The van der Waals surface area contributed by atoms with Crippen LogP contribution in [0.25, 0.3) is 0 Å². The van der Waals surface area contributed by atoms with Crippen LogP contribution in [-0.2, 0) is 6.54 Å². The Balaban J connectivity index is 2.03. The third kappa shape index (κ3) is 3.71. The van der Waals surface area contributed by atoms with Gasteiger partial charge in [0.1, 0.15) is 5.75 Å². The molecule has 0 radical (unpaired) electrons. The van der Waals surface area contributed by atoms with Crippen molar-refractivity contribution in [3.8, 4) is 5.75 Å². The van der Waals surface area contributed by atoms with Crippen molar-refractivity contribution in [1.29, 1.82) is 0 Å². The standard InChI is InChI=1S/C15H23BrN2O/c1-4-15(2)11-18(8-7-17-15)10-12-5-6-14(19-3)13(16)9-12/h5-6,9,17H,4,7-8,10-11H2,1-3H3. The van der Waals surface area contributed by atoms with E-state index in [1.54, 1.807) is 7.11 Å². The molecule has 1 aromatic rings. The second kappa shape index (κ2) is 6.25. The first-order valence-corrected chi connectivity index (χ1v) is 7.65. The second-order valence-electron chi connectivity index (χ2n) is 5.52. The van der Waals surface area contributed by atoms with Gasteiger partial charge in [-0.1, -0.05) is 13.0 Å². The van der Waals surface area contributed by atoms with Gasteiger partial charge in [-0.25, -0.2) is 0 Å². The number of ether oxygens (including phenoxy) is 1. The van der Waals surface area contributed by atoms with Gasteiger partial charge in [-0.2, -0.15) is 0 Å².